The number of aryl methyl sites for hydroxylation is 3. The molecular formula is C19H19N3O4S. The zero-order valence-electron chi connectivity index (χ0n) is 15.1. The van der Waals surface area contributed by atoms with Crippen molar-refractivity contribution < 1.29 is 18.1 Å². The van der Waals surface area contributed by atoms with Crippen LogP contribution in [0.5, 0.6) is 5.75 Å². The van der Waals surface area contributed by atoms with E-state index in [0.29, 0.717) is 16.6 Å². The van der Waals surface area contributed by atoms with Crippen LogP contribution in [0, 0.1) is 20.8 Å². The number of rotatable bonds is 3. The van der Waals surface area contributed by atoms with Crippen LogP contribution in [-0.2, 0) is 10.1 Å². The summed E-state index contributed by atoms with van der Waals surface area (Å²) in [7, 11) is -4.65. The number of nitrogens with two attached hydrogens (primary N) is 1. The van der Waals surface area contributed by atoms with Gasteiger partial charge in [-0.25, -0.2) is 0 Å². The number of azo groups is 1. The van der Waals surface area contributed by atoms with Crippen molar-refractivity contribution in [2.75, 3.05) is 5.73 Å². The largest absolute Gasteiger partial charge is 0.505 e. The Bertz CT molecular complexity index is 1200. The minimum absolute atomic E-state index is 0.261. The molecule has 0 bridgehead atoms. The van der Waals surface area contributed by atoms with E-state index < -0.39 is 20.8 Å². The van der Waals surface area contributed by atoms with Crippen LogP contribution in [0.1, 0.15) is 16.7 Å². The van der Waals surface area contributed by atoms with E-state index in [0.717, 1.165) is 11.1 Å². The Balaban J connectivity index is 2.30. The highest BCUT2D eigenvalue weighted by Crippen LogP contribution is 2.44. The molecule has 0 aliphatic carbocycles. The summed E-state index contributed by atoms with van der Waals surface area (Å²) in [6.45, 7) is 5.60. The van der Waals surface area contributed by atoms with Gasteiger partial charge in [0.25, 0.3) is 10.1 Å². The molecule has 3 aromatic carbocycles. The number of phenols is 1. The number of benzene rings is 3. The maximum atomic E-state index is 11.9. The highest BCUT2D eigenvalue weighted by Gasteiger charge is 2.23. The molecule has 0 fully saturated rings. The molecule has 4 N–H and O–H groups in total. The summed E-state index contributed by atoms with van der Waals surface area (Å²) >= 11 is 0. The van der Waals surface area contributed by atoms with Crippen molar-refractivity contribution in [2.45, 2.75) is 25.7 Å². The van der Waals surface area contributed by atoms with E-state index in [1.807, 2.05) is 19.9 Å². The summed E-state index contributed by atoms with van der Waals surface area (Å²) in [5.74, 6) is -0.450. The number of nitrogen functional groups attached to an aromatic ring is 1. The van der Waals surface area contributed by atoms with Gasteiger partial charge in [-0.2, -0.15) is 13.5 Å². The van der Waals surface area contributed by atoms with Crippen molar-refractivity contribution in [1.82, 2.24) is 0 Å². The molecule has 0 aromatic heterocycles. The van der Waals surface area contributed by atoms with Gasteiger partial charge in [-0.1, -0.05) is 12.1 Å². The van der Waals surface area contributed by atoms with Crippen molar-refractivity contribution in [3.05, 3.63) is 53.1 Å². The number of aromatic hydroxyl groups is 1. The molecule has 0 saturated carbocycles. The topological polar surface area (TPSA) is 125 Å². The van der Waals surface area contributed by atoms with E-state index in [-0.39, 0.29) is 16.8 Å². The van der Waals surface area contributed by atoms with Gasteiger partial charge in [0, 0.05) is 11.1 Å². The minimum Gasteiger partial charge on any atom is -0.505 e. The number of fused-ring (bicyclic) bond motifs is 1. The number of hydrogen-bond acceptors (Lipinski definition) is 6. The Morgan fingerprint density at radius 3 is 2.22 bits per heavy atom. The standard InChI is InChI=1S/C19H19N3O4S/c1-10-4-6-13(8-12(10)3)21-22-18-16(27(24,25)26)9-14-11(2)5-7-15(20)17(14)19(18)23/h4-9,23H,20H2,1-3H3,(H,24,25,26). The highest BCUT2D eigenvalue weighted by molar-refractivity contribution is 7.86. The lowest BCUT2D eigenvalue weighted by atomic mass is 10.0. The fraction of sp³-hybridized carbons (Fsp3) is 0.158. The normalized spacial score (nSPS) is 12.1. The first-order valence-electron chi connectivity index (χ1n) is 8.11. The quantitative estimate of drug-likeness (QED) is 0.342. The zero-order chi connectivity index (χ0) is 19.9. The number of phenolic OH excluding ortho intramolecular Hbond substituents is 1. The Kier molecular flexibility index (Phi) is 4.63. The first-order valence-corrected chi connectivity index (χ1v) is 9.55. The Morgan fingerprint density at radius 1 is 0.926 bits per heavy atom. The van der Waals surface area contributed by atoms with Gasteiger partial charge in [-0.05, 0) is 67.1 Å². The summed E-state index contributed by atoms with van der Waals surface area (Å²) in [6, 6.07) is 9.90. The summed E-state index contributed by atoms with van der Waals surface area (Å²) in [4.78, 5) is -0.534. The monoisotopic (exact) mass is 385 g/mol. The van der Waals surface area contributed by atoms with Crippen LogP contribution in [0.25, 0.3) is 10.8 Å². The maximum Gasteiger partial charge on any atom is 0.296 e. The van der Waals surface area contributed by atoms with Crippen molar-refractivity contribution in [3.8, 4) is 5.75 Å². The average Bonchev–Trinajstić information content (AvgIpc) is 2.58. The third kappa shape index (κ3) is 3.49. The van der Waals surface area contributed by atoms with Crippen LogP contribution >= 0.6 is 0 Å². The van der Waals surface area contributed by atoms with Gasteiger partial charge in [-0.3, -0.25) is 4.55 Å². The molecule has 140 valence electrons. The molecule has 27 heavy (non-hydrogen) atoms. The second-order valence-corrected chi connectivity index (χ2v) is 7.80. The molecule has 8 heteroatoms. The van der Waals surface area contributed by atoms with Crippen LogP contribution in [0.3, 0.4) is 0 Å². The van der Waals surface area contributed by atoms with Gasteiger partial charge in [0.2, 0.25) is 0 Å². The van der Waals surface area contributed by atoms with Crippen LogP contribution in [0.2, 0.25) is 0 Å². The van der Waals surface area contributed by atoms with Gasteiger partial charge in [0.15, 0.2) is 5.75 Å². The third-order valence-electron chi connectivity index (χ3n) is 4.50. The van der Waals surface area contributed by atoms with E-state index >= 15 is 0 Å². The van der Waals surface area contributed by atoms with Crippen molar-refractivity contribution >= 4 is 38.0 Å². The number of anilines is 1. The molecule has 0 aliphatic rings. The lowest BCUT2D eigenvalue weighted by Gasteiger charge is -2.12. The van der Waals surface area contributed by atoms with Crippen LogP contribution in [0.4, 0.5) is 17.1 Å². The first kappa shape index (κ1) is 18.8. The van der Waals surface area contributed by atoms with E-state index in [1.165, 1.54) is 6.07 Å². The molecule has 7 nitrogen and oxygen atoms in total. The predicted octanol–water partition coefficient (Wildman–Crippen LogP) is 4.71. The molecule has 0 amide bonds. The average molecular weight is 385 g/mol. The molecule has 0 saturated heterocycles. The van der Waals surface area contributed by atoms with E-state index in [2.05, 4.69) is 10.2 Å². The smallest absolute Gasteiger partial charge is 0.296 e. The second kappa shape index (κ2) is 6.64. The molecule has 3 rings (SSSR count). The fourth-order valence-electron chi connectivity index (χ4n) is 2.81. The van der Waals surface area contributed by atoms with Gasteiger partial charge in [-0.15, -0.1) is 5.11 Å². The van der Waals surface area contributed by atoms with E-state index in [9.17, 15) is 18.1 Å². The molecular weight excluding hydrogens is 366 g/mol. The lowest BCUT2D eigenvalue weighted by Crippen LogP contribution is -2.00. The van der Waals surface area contributed by atoms with Crippen molar-refractivity contribution in [3.63, 3.8) is 0 Å². The Morgan fingerprint density at radius 2 is 1.59 bits per heavy atom. The highest BCUT2D eigenvalue weighted by atomic mass is 32.2. The molecule has 0 unspecified atom stereocenters. The lowest BCUT2D eigenvalue weighted by molar-refractivity contribution is 0.472. The molecule has 0 radical (unpaired) electrons. The maximum absolute atomic E-state index is 11.9. The van der Waals surface area contributed by atoms with Crippen LogP contribution in [0.15, 0.2) is 51.5 Å². The summed E-state index contributed by atoms with van der Waals surface area (Å²) in [5.41, 5.74) is 9.09. The molecule has 3 aromatic rings. The van der Waals surface area contributed by atoms with Gasteiger partial charge >= 0.3 is 0 Å². The number of hydrogen-bond donors (Lipinski definition) is 3. The second-order valence-electron chi connectivity index (χ2n) is 6.41. The fourth-order valence-corrected chi connectivity index (χ4v) is 3.46. The van der Waals surface area contributed by atoms with Gasteiger partial charge in [0.1, 0.15) is 10.6 Å². The van der Waals surface area contributed by atoms with Crippen LogP contribution in [-0.4, -0.2) is 18.1 Å². The van der Waals surface area contributed by atoms with Crippen molar-refractivity contribution in [1.29, 1.82) is 0 Å². The molecule has 0 aliphatic heterocycles. The molecule has 0 spiro atoms. The molecule has 0 atom stereocenters. The zero-order valence-corrected chi connectivity index (χ0v) is 15.9. The first-order chi connectivity index (χ1) is 12.6. The van der Waals surface area contributed by atoms with Crippen LogP contribution < -0.4 is 5.73 Å². The summed E-state index contributed by atoms with van der Waals surface area (Å²) in [6.07, 6.45) is 0. The SMILES string of the molecule is Cc1ccc(N=Nc2c(S(=O)(=O)O)cc3c(C)ccc(N)c3c2O)cc1C. The molecule has 0 heterocycles. The van der Waals surface area contributed by atoms with E-state index in [1.54, 1.807) is 31.2 Å². The van der Waals surface area contributed by atoms with Gasteiger partial charge < -0.3 is 10.8 Å². The van der Waals surface area contributed by atoms with Gasteiger partial charge in [0.05, 0.1) is 5.69 Å². The Hall–Kier alpha value is -2.97. The van der Waals surface area contributed by atoms with E-state index in [4.69, 9.17) is 5.73 Å². The van der Waals surface area contributed by atoms with Crippen molar-refractivity contribution in [2.24, 2.45) is 10.2 Å². The minimum atomic E-state index is -4.65. The predicted molar refractivity (Wildman–Crippen MR) is 105 cm³/mol. The number of nitrogens with zero attached hydrogens (tertiary/aromatic N) is 2. The summed E-state index contributed by atoms with van der Waals surface area (Å²) in [5, 5.41) is 19.3. The summed E-state index contributed by atoms with van der Waals surface area (Å²) < 4.78 is 33.4. The Labute approximate surface area is 156 Å². The third-order valence-corrected chi connectivity index (χ3v) is 5.37.